The molecule has 1 N–H and O–H groups in total. The van der Waals surface area contributed by atoms with Gasteiger partial charge in [-0.25, -0.2) is 0 Å². The average molecular weight is 275 g/mol. The van der Waals surface area contributed by atoms with Gasteiger partial charge in [-0.2, -0.15) is 0 Å². The molecule has 0 bridgehead atoms. The Morgan fingerprint density at radius 2 is 2.00 bits per heavy atom. The lowest BCUT2D eigenvalue weighted by molar-refractivity contribution is -0.130. The lowest BCUT2D eigenvalue weighted by atomic mass is 9.64. The third kappa shape index (κ3) is 3.40. The molecule has 0 aromatic heterocycles. The summed E-state index contributed by atoms with van der Waals surface area (Å²) in [5, 5.41) is 3.08. The summed E-state index contributed by atoms with van der Waals surface area (Å²) in [6.45, 7) is 5.45. The van der Waals surface area contributed by atoms with Gasteiger partial charge >= 0.3 is 0 Å². The largest absolute Gasteiger partial charge is 0.379 e. The van der Waals surface area contributed by atoms with Crippen molar-refractivity contribution in [2.75, 3.05) is 13.2 Å². The van der Waals surface area contributed by atoms with Crippen molar-refractivity contribution in [2.24, 2.45) is 0 Å². The molecular formula is C17H25NO2. The number of hydrogen-bond acceptors (Lipinski definition) is 2. The van der Waals surface area contributed by atoms with Crippen molar-refractivity contribution in [1.29, 1.82) is 0 Å². The molecule has 1 aliphatic carbocycles. The smallest absolute Gasteiger partial charge is 0.230 e. The summed E-state index contributed by atoms with van der Waals surface area (Å²) in [5.74, 6) is 0.180. The lowest BCUT2D eigenvalue weighted by Gasteiger charge is -2.40. The highest BCUT2D eigenvalue weighted by atomic mass is 16.5. The van der Waals surface area contributed by atoms with E-state index in [1.165, 1.54) is 0 Å². The Hall–Kier alpha value is -1.35. The molecule has 1 saturated carbocycles. The molecule has 3 nitrogen and oxygen atoms in total. The third-order valence-corrected chi connectivity index (χ3v) is 4.03. The summed E-state index contributed by atoms with van der Waals surface area (Å²) in [7, 11) is 0. The molecule has 1 amide bonds. The van der Waals surface area contributed by atoms with Crippen molar-refractivity contribution >= 4 is 5.91 Å². The molecule has 1 aromatic rings. The molecule has 2 rings (SSSR count). The van der Waals surface area contributed by atoms with Crippen LogP contribution in [0.2, 0.25) is 0 Å². The van der Waals surface area contributed by atoms with E-state index < -0.39 is 0 Å². The molecular weight excluding hydrogens is 250 g/mol. The SMILES string of the molecule is CC(C)OCCCNC(=O)C1(c2ccccc2)CCC1. The van der Waals surface area contributed by atoms with E-state index in [9.17, 15) is 4.79 Å². The second-order valence-electron chi connectivity index (χ2n) is 5.83. The number of hydrogen-bond donors (Lipinski definition) is 1. The van der Waals surface area contributed by atoms with E-state index >= 15 is 0 Å². The van der Waals surface area contributed by atoms with Gasteiger partial charge in [0.2, 0.25) is 5.91 Å². The fourth-order valence-electron chi connectivity index (χ4n) is 2.70. The fourth-order valence-corrected chi connectivity index (χ4v) is 2.70. The zero-order valence-electron chi connectivity index (χ0n) is 12.5. The van der Waals surface area contributed by atoms with Crippen LogP contribution in [0.25, 0.3) is 0 Å². The fraction of sp³-hybridized carbons (Fsp3) is 0.588. The molecule has 0 saturated heterocycles. The molecule has 1 aromatic carbocycles. The second-order valence-corrected chi connectivity index (χ2v) is 5.83. The zero-order valence-corrected chi connectivity index (χ0v) is 12.5. The van der Waals surface area contributed by atoms with Crippen molar-refractivity contribution < 1.29 is 9.53 Å². The van der Waals surface area contributed by atoms with Crippen LogP contribution in [0.3, 0.4) is 0 Å². The number of carbonyl (C=O) groups is 1. The summed E-state index contributed by atoms with van der Waals surface area (Å²) >= 11 is 0. The molecule has 0 spiro atoms. The van der Waals surface area contributed by atoms with Crippen molar-refractivity contribution in [3.05, 3.63) is 35.9 Å². The van der Waals surface area contributed by atoms with Crippen LogP contribution in [0.4, 0.5) is 0 Å². The van der Waals surface area contributed by atoms with Crippen LogP contribution in [-0.4, -0.2) is 25.2 Å². The zero-order chi connectivity index (χ0) is 14.4. The minimum Gasteiger partial charge on any atom is -0.379 e. The van der Waals surface area contributed by atoms with Gasteiger partial charge in [-0.15, -0.1) is 0 Å². The summed E-state index contributed by atoms with van der Waals surface area (Å²) < 4.78 is 5.48. The number of amides is 1. The first-order valence-corrected chi connectivity index (χ1v) is 7.60. The lowest BCUT2D eigenvalue weighted by Crippen LogP contribution is -2.49. The Kier molecular flexibility index (Phi) is 5.18. The van der Waals surface area contributed by atoms with Gasteiger partial charge in [-0.3, -0.25) is 4.79 Å². The van der Waals surface area contributed by atoms with Crippen LogP contribution in [0.5, 0.6) is 0 Å². The van der Waals surface area contributed by atoms with Crippen molar-refractivity contribution in [3.8, 4) is 0 Å². The summed E-state index contributed by atoms with van der Waals surface area (Å²) in [5.41, 5.74) is 0.877. The van der Waals surface area contributed by atoms with Gasteiger partial charge in [0, 0.05) is 13.2 Å². The van der Waals surface area contributed by atoms with Gasteiger partial charge in [0.15, 0.2) is 0 Å². The van der Waals surface area contributed by atoms with Gasteiger partial charge in [0.25, 0.3) is 0 Å². The first kappa shape index (κ1) is 15.0. The molecule has 1 aliphatic rings. The predicted octanol–water partition coefficient (Wildman–Crippen LogP) is 3.04. The first-order chi connectivity index (χ1) is 9.65. The Labute approximate surface area is 121 Å². The minimum atomic E-state index is -0.278. The Balaban J connectivity index is 1.84. The van der Waals surface area contributed by atoms with E-state index in [-0.39, 0.29) is 17.4 Å². The number of ether oxygens (including phenoxy) is 1. The average Bonchev–Trinajstić information content (AvgIpc) is 2.38. The van der Waals surface area contributed by atoms with Crippen molar-refractivity contribution in [3.63, 3.8) is 0 Å². The molecule has 1 fully saturated rings. The molecule has 0 atom stereocenters. The van der Waals surface area contributed by atoms with E-state index in [1.807, 2.05) is 32.0 Å². The highest BCUT2D eigenvalue weighted by Gasteiger charge is 2.45. The van der Waals surface area contributed by atoms with E-state index in [1.54, 1.807) is 0 Å². The predicted molar refractivity (Wildman–Crippen MR) is 80.7 cm³/mol. The highest BCUT2D eigenvalue weighted by molar-refractivity contribution is 5.89. The maximum Gasteiger partial charge on any atom is 0.230 e. The highest BCUT2D eigenvalue weighted by Crippen LogP contribution is 2.43. The van der Waals surface area contributed by atoms with E-state index in [0.29, 0.717) is 13.2 Å². The van der Waals surface area contributed by atoms with Crippen molar-refractivity contribution in [2.45, 2.75) is 51.0 Å². The minimum absolute atomic E-state index is 0.180. The summed E-state index contributed by atoms with van der Waals surface area (Å²) in [4.78, 5) is 12.5. The summed E-state index contributed by atoms with van der Waals surface area (Å²) in [6, 6.07) is 10.2. The number of benzene rings is 1. The maximum absolute atomic E-state index is 12.5. The third-order valence-electron chi connectivity index (χ3n) is 4.03. The number of carbonyl (C=O) groups excluding carboxylic acids is 1. The molecule has 3 heteroatoms. The van der Waals surface area contributed by atoms with Crippen LogP contribution in [0, 0.1) is 0 Å². The van der Waals surface area contributed by atoms with Gasteiger partial charge in [0.1, 0.15) is 0 Å². The van der Waals surface area contributed by atoms with Crippen molar-refractivity contribution in [1.82, 2.24) is 5.32 Å². The number of nitrogens with one attached hydrogen (secondary N) is 1. The van der Waals surface area contributed by atoms with Gasteiger partial charge in [-0.1, -0.05) is 36.8 Å². The standard InChI is InChI=1S/C17H25NO2/c1-14(2)20-13-7-12-18-16(19)17(10-6-11-17)15-8-4-3-5-9-15/h3-5,8-9,14H,6-7,10-13H2,1-2H3,(H,18,19). The summed E-state index contributed by atoms with van der Waals surface area (Å²) in [6.07, 6.45) is 4.19. The van der Waals surface area contributed by atoms with Crippen LogP contribution in [-0.2, 0) is 14.9 Å². The normalized spacial score (nSPS) is 16.8. The molecule has 20 heavy (non-hydrogen) atoms. The molecule has 0 heterocycles. The molecule has 0 unspecified atom stereocenters. The molecule has 110 valence electrons. The number of rotatable bonds is 7. The van der Waals surface area contributed by atoms with Gasteiger partial charge in [0.05, 0.1) is 11.5 Å². The van der Waals surface area contributed by atoms with Crippen LogP contribution < -0.4 is 5.32 Å². The van der Waals surface area contributed by atoms with Crippen LogP contribution >= 0.6 is 0 Å². The molecule has 0 radical (unpaired) electrons. The maximum atomic E-state index is 12.5. The topological polar surface area (TPSA) is 38.3 Å². The van der Waals surface area contributed by atoms with Crippen LogP contribution in [0.1, 0.15) is 45.1 Å². The van der Waals surface area contributed by atoms with Gasteiger partial charge in [-0.05, 0) is 38.7 Å². The second kappa shape index (κ2) is 6.89. The quantitative estimate of drug-likeness (QED) is 0.777. The van der Waals surface area contributed by atoms with Crippen LogP contribution in [0.15, 0.2) is 30.3 Å². The van der Waals surface area contributed by atoms with E-state index in [0.717, 1.165) is 31.2 Å². The first-order valence-electron chi connectivity index (χ1n) is 7.60. The van der Waals surface area contributed by atoms with Gasteiger partial charge < -0.3 is 10.1 Å². The Morgan fingerprint density at radius 3 is 2.55 bits per heavy atom. The molecule has 0 aliphatic heterocycles. The van der Waals surface area contributed by atoms with E-state index in [2.05, 4.69) is 17.4 Å². The monoisotopic (exact) mass is 275 g/mol. The Bertz CT molecular complexity index is 424. The van der Waals surface area contributed by atoms with E-state index in [4.69, 9.17) is 4.74 Å². The Morgan fingerprint density at radius 1 is 1.30 bits per heavy atom.